The van der Waals surface area contributed by atoms with Crippen LogP contribution in [0.3, 0.4) is 0 Å². The minimum absolute atomic E-state index is 0. The molecule has 0 aromatic heterocycles. The van der Waals surface area contributed by atoms with Gasteiger partial charge in [0, 0.05) is 58.1 Å². The van der Waals surface area contributed by atoms with E-state index in [1.54, 1.807) is 7.11 Å². The van der Waals surface area contributed by atoms with Crippen molar-refractivity contribution in [2.75, 3.05) is 58.4 Å². The molecule has 0 aliphatic carbocycles. The molecule has 7 nitrogen and oxygen atoms in total. The summed E-state index contributed by atoms with van der Waals surface area (Å²) in [6.45, 7) is 7.98. The number of anilines is 1. The first kappa shape index (κ1) is 25.9. The van der Waals surface area contributed by atoms with E-state index in [4.69, 9.17) is 9.47 Å². The van der Waals surface area contributed by atoms with Crippen molar-refractivity contribution in [2.24, 2.45) is 4.99 Å². The Morgan fingerprint density at radius 2 is 2.03 bits per heavy atom. The SMILES string of the molecule is CCNC(=NCCCN1CCC(O)CC1)Nc1cccc(OCCCOC)c1.I. The summed E-state index contributed by atoms with van der Waals surface area (Å²) >= 11 is 0. The number of ether oxygens (including phenoxy) is 2. The molecular weight excluding hydrogens is 483 g/mol. The van der Waals surface area contributed by atoms with Crippen LogP contribution in [0.4, 0.5) is 5.69 Å². The first-order valence-corrected chi connectivity index (χ1v) is 10.4. The number of guanidine groups is 1. The lowest BCUT2D eigenvalue weighted by Crippen LogP contribution is -2.36. The zero-order valence-electron chi connectivity index (χ0n) is 17.7. The Hall–Kier alpha value is -1.10. The molecule has 1 aliphatic rings. The molecule has 1 aromatic rings. The molecule has 1 aliphatic heterocycles. The maximum Gasteiger partial charge on any atom is 0.195 e. The molecule has 1 heterocycles. The standard InChI is InChI=1S/C21H36N4O3.HI/c1-3-22-21(23-11-5-12-25-13-9-19(26)10-14-25)24-18-7-4-8-20(17-18)28-16-6-15-27-2;/h4,7-8,17,19,26H,3,5-6,9-16H2,1-2H3,(H2,22,23,24);1H. The summed E-state index contributed by atoms with van der Waals surface area (Å²) < 4.78 is 10.8. The molecule has 1 aromatic carbocycles. The van der Waals surface area contributed by atoms with Gasteiger partial charge in [0.15, 0.2) is 5.96 Å². The van der Waals surface area contributed by atoms with Gasteiger partial charge >= 0.3 is 0 Å². The van der Waals surface area contributed by atoms with Gasteiger partial charge in [0.25, 0.3) is 0 Å². The molecule has 166 valence electrons. The number of hydrogen-bond acceptors (Lipinski definition) is 5. The monoisotopic (exact) mass is 520 g/mol. The molecule has 0 radical (unpaired) electrons. The molecule has 0 unspecified atom stereocenters. The van der Waals surface area contributed by atoms with Gasteiger partial charge in [-0.2, -0.15) is 0 Å². The van der Waals surface area contributed by atoms with Gasteiger partial charge in [0.2, 0.25) is 0 Å². The third kappa shape index (κ3) is 11.0. The fraction of sp³-hybridized carbons (Fsp3) is 0.667. The second-order valence-corrected chi connectivity index (χ2v) is 7.03. The van der Waals surface area contributed by atoms with Gasteiger partial charge in [-0.15, -0.1) is 24.0 Å². The Morgan fingerprint density at radius 3 is 2.76 bits per heavy atom. The molecule has 0 bridgehead atoms. The molecule has 0 amide bonds. The summed E-state index contributed by atoms with van der Waals surface area (Å²) in [4.78, 5) is 7.10. The van der Waals surface area contributed by atoms with Crippen LogP contribution in [0.15, 0.2) is 29.3 Å². The van der Waals surface area contributed by atoms with Crippen LogP contribution >= 0.6 is 24.0 Å². The first-order chi connectivity index (χ1) is 13.7. The number of hydrogen-bond donors (Lipinski definition) is 3. The van der Waals surface area contributed by atoms with E-state index in [1.807, 2.05) is 24.3 Å². The third-order valence-electron chi connectivity index (χ3n) is 4.66. The van der Waals surface area contributed by atoms with Crippen molar-refractivity contribution in [1.29, 1.82) is 0 Å². The molecule has 1 saturated heterocycles. The van der Waals surface area contributed by atoms with E-state index < -0.39 is 0 Å². The van der Waals surface area contributed by atoms with E-state index in [2.05, 4.69) is 27.4 Å². The van der Waals surface area contributed by atoms with Crippen molar-refractivity contribution in [2.45, 2.75) is 38.7 Å². The highest BCUT2D eigenvalue weighted by molar-refractivity contribution is 14.0. The van der Waals surface area contributed by atoms with E-state index in [1.165, 1.54) is 0 Å². The summed E-state index contributed by atoms with van der Waals surface area (Å²) in [5.74, 6) is 1.62. The maximum atomic E-state index is 9.58. The number of likely N-dealkylation sites (tertiary alicyclic amines) is 1. The molecule has 29 heavy (non-hydrogen) atoms. The Morgan fingerprint density at radius 1 is 1.24 bits per heavy atom. The first-order valence-electron chi connectivity index (χ1n) is 10.4. The van der Waals surface area contributed by atoms with Crippen molar-refractivity contribution in [3.05, 3.63) is 24.3 Å². The maximum absolute atomic E-state index is 9.58. The van der Waals surface area contributed by atoms with Crippen molar-refractivity contribution in [3.63, 3.8) is 0 Å². The number of benzene rings is 1. The summed E-state index contributed by atoms with van der Waals surface area (Å²) in [5, 5.41) is 16.2. The molecule has 8 heteroatoms. The lowest BCUT2D eigenvalue weighted by atomic mass is 10.1. The van der Waals surface area contributed by atoms with Crippen LogP contribution in [-0.4, -0.2) is 75.1 Å². The van der Waals surface area contributed by atoms with E-state index in [0.717, 1.165) is 75.8 Å². The second-order valence-electron chi connectivity index (χ2n) is 7.03. The summed E-state index contributed by atoms with van der Waals surface area (Å²) in [5.41, 5.74) is 0.953. The quantitative estimate of drug-likeness (QED) is 0.180. The summed E-state index contributed by atoms with van der Waals surface area (Å²) in [6.07, 6.45) is 3.54. The lowest BCUT2D eigenvalue weighted by Gasteiger charge is -2.29. The third-order valence-corrected chi connectivity index (χ3v) is 4.66. The second kappa shape index (κ2) is 15.7. The van der Waals surface area contributed by atoms with Crippen LogP contribution < -0.4 is 15.4 Å². The van der Waals surface area contributed by atoms with Gasteiger partial charge in [-0.25, -0.2) is 0 Å². The summed E-state index contributed by atoms with van der Waals surface area (Å²) in [7, 11) is 1.70. The molecule has 0 atom stereocenters. The number of methoxy groups -OCH3 is 1. The highest BCUT2D eigenvalue weighted by atomic mass is 127. The van der Waals surface area contributed by atoms with Gasteiger partial charge in [-0.05, 0) is 44.9 Å². The Balaban J connectivity index is 0.00000420. The van der Waals surface area contributed by atoms with Crippen LogP contribution in [0.5, 0.6) is 5.75 Å². The topological polar surface area (TPSA) is 78.4 Å². The molecule has 2 rings (SSSR count). The molecular formula is C21H37IN4O3. The van der Waals surface area contributed by atoms with Crippen LogP contribution in [0.1, 0.15) is 32.6 Å². The molecule has 3 N–H and O–H groups in total. The molecule has 1 fully saturated rings. The number of aliphatic imine (C=N–C) groups is 1. The largest absolute Gasteiger partial charge is 0.493 e. The normalized spacial score (nSPS) is 15.6. The van der Waals surface area contributed by atoms with Crippen LogP contribution in [0.2, 0.25) is 0 Å². The number of nitrogens with one attached hydrogen (secondary N) is 2. The predicted molar refractivity (Wildman–Crippen MR) is 130 cm³/mol. The number of aliphatic hydroxyl groups excluding tert-OH is 1. The van der Waals surface area contributed by atoms with Gasteiger partial charge in [0.05, 0.1) is 12.7 Å². The van der Waals surface area contributed by atoms with E-state index >= 15 is 0 Å². The van der Waals surface area contributed by atoms with E-state index in [-0.39, 0.29) is 30.1 Å². The average Bonchev–Trinajstić information content (AvgIpc) is 2.70. The zero-order valence-corrected chi connectivity index (χ0v) is 20.1. The fourth-order valence-electron chi connectivity index (χ4n) is 3.13. The number of rotatable bonds is 11. The predicted octanol–water partition coefficient (Wildman–Crippen LogP) is 2.94. The van der Waals surface area contributed by atoms with E-state index in [9.17, 15) is 5.11 Å². The number of piperidine rings is 1. The highest BCUT2D eigenvalue weighted by Crippen LogP contribution is 2.17. The van der Waals surface area contributed by atoms with Crippen molar-refractivity contribution in [3.8, 4) is 5.75 Å². The van der Waals surface area contributed by atoms with Crippen molar-refractivity contribution >= 4 is 35.6 Å². The van der Waals surface area contributed by atoms with E-state index in [0.29, 0.717) is 13.2 Å². The van der Waals surface area contributed by atoms with Gasteiger partial charge in [-0.1, -0.05) is 6.07 Å². The number of aliphatic hydroxyl groups is 1. The van der Waals surface area contributed by atoms with Gasteiger partial charge in [0.1, 0.15) is 5.75 Å². The zero-order chi connectivity index (χ0) is 20.0. The van der Waals surface area contributed by atoms with Crippen LogP contribution in [-0.2, 0) is 4.74 Å². The number of nitrogens with zero attached hydrogens (tertiary/aromatic N) is 2. The molecule has 0 spiro atoms. The molecule has 0 saturated carbocycles. The highest BCUT2D eigenvalue weighted by Gasteiger charge is 2.15. The fourth-order valence-corrected chi connectivity index (χ4v) is 3.13. The van der Waals surface area contributed by atoms with Crippen molar-refractivity contribution < 1.29 is 14.6 Å². The van der Waals surface area contributed by atoms with Crippen LogP contribution in [0, 0.1) is 0 Å². The minimum Gasteiger partial charge on any atom is -0.493 e. The minimum atomic E-state index is -0.112. The Labute approximate surface area is 192 Å². The lowest BCUT2D eigenvalue weighted by molar-refractivity contribution is 0.0824. The van der Waals surface area contributed by atoms with Crippen molar-refractivity contribution in [1.82, 2.24) is 10.2 Å². The summed E-state index contributed by atoms with van der Waals surface area (Å²) in [6, 6.07) is 7.92. The average molecular weight is 520 g/mol. The smallest absolute Gasteiger partial charge is 0.195 e. The van der Waals surface area contributed by atoms with Crippen LogP contribution in [0.25, 0.3) is 0 Å². The van der Waals surface area contributed by atoms with Gasteiger partial charge in [-0.3, -0.25) is 4.99 Å². The number of halogens is 1. The Kier molecular flexibility index (Phi) is 14.0. The Bertz CT molecular complexity index is 581. The van der Waals surface area contributed by atoms with Gasteiger partial charge < -0.3 is 30.1 Å².